The molecule has 0 saturated carbocycles. The Hall–Kier alpha value is -3.56. The van der Waals surface area contributed by atoms with Crippen LogP contribution in [0.3, 0.4) is 0 Å². The molecule has 0 aliphatic rings. The molecule has 1 aromatic heterocycles. The van der Waals surface area contributed by atoms with E-state index in [-0.39, 0.29) is 11.4 Å². The fourth-order valence-electron chi connectivity index (χ4n) is 2.43. The Morgan fingerprint density at radius 2 is 1.75 bits per heavy atom. The number of anilines is 1. The summed E-state index contributed by atoms with van der Waals surface area (Å²) in [6.45, 7) is 0. The van der Waals surface area contributed by atoms with Crippen molar-refractivity contribution in [3.8, 4) is 17.2 Å². The van der Waals surface area contributed by atoms with Crippen LogP contribution in [0.25, 0.3) is 5.69 Å². The molecule has 0 fully saturated rings. The maximum absolute atomic E-state index is 13.5. The first-order valence-electron chi connectivity index (χ1n) is 7.82. The maximum atomic E-state index is 13.5. The van der Waals surface area contributed by atoms with Crippen molar-refractivity contribution < 1.29 is 31.8 Å². The molecule has 2 aromatic carbocycles. The molecule has 3 aromatic rings. The molecule has 1 amide bonds. The van der Waals surface area contributed by atoms with E-state index in [0.29, 0.717) is 10.4 Å². The summed E-state index contributed by atoms with van der Waals surface area (Å²) >= 11 is 0. The summed E-state index contributed by atoms with van der Waals surface area (Å²) < 4.78 is 64.0. The molecule has 0 atom stereocenters. The van der Waals surface area contributed by atoms with Crippen molar-refractivity contribution in [1.82, 2.24) is 9.78 Å². The van der Waals surface area contributed by atoms with E-state index in [0.717, 1.165) is 30.5 Å². The highest BCUT2D eigenvalue weighted by molar-refractivity contribution is 5.88. The van der Waals surface area contributed by atoms with Crippen molar-refractivity contribution in [3.05, 3.63) is 66.2 Å². The first-order valence-corrected chi connectivity index (χ1v) is 7.82. The second-order valence-electron chi connectivity index (χ2n) is 5.46. The summed E-state index contributed by atoms with van der Waals surface area (Å²) in [6, 6.07) is 10.5. The smallest absolute Gasteiger partial charge is 0.437 e. The molecule has 10 heteroatoms. The zero-order valence-electron chi connectivity index (χ0n) is 14.3. The van der Waals surface area contributed by atoms with Crippen molar-refractivity contribution in [2.45, 2.75) is 6.18 Å². The molecule has 1 N–H and O–H groups in total. The number of para-hydroxylation sites is 2. The minimum atomic E-state index is -4.88. The summed E-state index contributed by atoms with van der Waals surface area (Å²) in [5.41, 5.74) is -1.14. The van der Waals surface area contributed by atoms with Gasteiger partial charge in [0.2, 0.25) is 0 Å². The average Bonchev–Trinajstić information content (AvgIpc) is 3.06. The Balaban J connectivity index is 1.90. The number of benzene rings is 2. The van der Waals surface area contributed by atoms with Crippen LogP contribution in [-0.4, -0.2) is 23.0 Å². The summed E-state index contributed by atoms with van der Waals surface area (Å²) in [4.78, 5) is 12.1. The second kappa shape index (κ2) is 7.59. The van der Waals surface area contributed by atoms with Gasteiger partial charge in [0, 0.05) is 0 Å². The number of carbonyl (C=O) groups excluding carboxylic acids is 1. The summed E-state index contributed by atoms with van der Waals surface area (Å²) in [7, 11) is 1.38. The average molecular weight is 395 g/mol. The van der Waals surface area contributed by atoms with E-state index in [1.54, 1.807) is 18.2 Å². The largest absolute Gasteiger partial charge is 0.495 e. The van der Waals surface area contributed by atoms with Crippen molar-refractivity contribution in [3.63, 3.8) is 0 Å². The Labute approximate surface area is 156 Å². The van der Waals surface area contributed by atoms with E-state index in [1.165, 1.54) is 13.2 Å². The van der Waals surface area contributed by atoms with Gasteiger partial charge in [0.1, 0.15) is 11.6 Å². The number of aromatic nitrogens is 2. The van der Waals surface area contributed by atoms with Gasteiger partial charge in [-0.15, -0.1) is 0 Å². The minimum absolute atomic E-state index is 0.0475. The number of alkyl halides is 3. The van der Waals surface area contributed by atoms with Gasteiger partial charge in [0.25, 0.3) is 0 Å². The van der Waals surface area contributed by atoms with Gasteiger partial charge in [-0.2, -0.15) is 18.3 Å². The van der Waals surface area contributed by atoms with Crippen LogP contribution in [0.15, 0.2) is 54.7 Å². The van der Waals surface area contributed by atoms with Crippen molar-refractivity contribution in [2.24, 2.45) is 0 Å². The highest BCUT2D eigenvalue weighted by atomic mass is 19.4. The van der Waals surface area contributed by atoms with Gasteiger partial charge in [-0.3, -0.25) is 5.32 Å². The lowest BCUT2D eigenvalue weighted by Crippen LogP contribution is -2.20. The lowest BCUT2D eigenvalue weighted by Gasteiger charge is -2.13. The molecule has 0 spiro atoms. The Bertz CT molecular complexity index is 984. The molecule has 146 valence electrons. The van der Waals surface area contributed by atoms with Crippen molar-refractivity contribution in [2.75, 3.05) is 12.4 Å². The van der Waals surface area contributed by atoms with Crippen LogP contribution in [0, 0.1) is 5.82 Å². The zero-order valence-corrected chi connectivity index (χ0v) is 14.3. The van der Waals surface area contributed by atoms with E-state index in [9.17, 15) is 22.4 Å². The topological polar surface area (TPSA) is 65.4 Å². The number of amides is 1. The molecule has 0 bridgehead atoms. The number of halogens is 4. The predicted octanol–water partition coefficient (Wildman–Crippen LogP) is 4.65. The van der Waals surface area contributed by atoms with Gasteiger partial charge in [-0.1, -0.05) is 12.1 Å². The van der Waals surface area contributed by atoms with Gasteiger partial charge < -0.3 is 9.47 Å². The Morgan fingerprint density at radius 3 is 2.39 bits per heavy atom. The van der Waals surface area contributed by atoms with E-state index < -0.39 is 29.5 Å². The van der Waals surface area contributed by atoms with Crippen LogP contribution in [0.2, 0.25) is 0 Å². The fraction of sp³-hybridized carbons (Fsp3) is 0.111. The van der Waals surface area contributed by atoms with E-state index in [2.05, 4.69) is 10.4 Å². The monoisotopic (exact) mass is 395 g/mol. The molecule has 6 nitrogen and oxygen atoms in total. The summed E-state index contributed by atoms with van der Waals surface area (Å²) in [5.74, 6) is -1.11. The lowest BCUT2D eigenvalue weighted by molar-refractivity contribution is -0.143. The first-order chi connectivity index (χ1) is 13.3. The molecule has 0 radical (unpaired) electrons. The number of methoxy groups -OCH3 is 1. The van der Waals surface area contributed by atoms with Gasteiger partial charge >= 0.3 is 12.3 Å². The van der Waals surface area contributed by atoms with Gasteiger partial charge in [-0.05, 0) is 36.4 Å². The zero-order chi connectivity index (χ0) is 20.3. The number of nitrogens with zero attached hydrogens (tertiary/aromatic N) is 2. The highest BCUT2D eigenvalue weighted by Gasteiger charge is 2.40. The molecule has 0 unspecified atom stereocenters. The van der Waals surface area contributed by atoms with E-state index in [4.69, 9.17) is 9.47 Å². The Morgan fingerprint density at radius 1 is 1.07 bits per heavy atom. The summed E-state index contributed by atoms with van der Waals surface area (Å²) in [6.07, 6.45) is -5.28. The van der Waals surface area contributed by atoms with Crippen LogP contribution >= 0.6 is 0 Å². The standard InChI is InChI=1S/C18H13F4N3O3/c1-27-14-5-3-2-4-13(14)24-17(26)28-15-10-23-25(16(15)18(20,21)22)12-8-6-11(19)7-9-12/h2-10H,1H3,(H,24,26). The van der Waals surface area contributed by atoms with E-state index in [1.807, 2.05) is 0 Å². The van der Waals surface area contributed by atoms with Crippen LogP contribution < -0.4 is 14.8 Å². The molecule has 28 heavy (non-hydrogen) atoms. The Kier molecular flexibility index (Phi) is 5.21. The van der Waals surface area contributed by atoms with Crippen LogP contribution in [0.1, 0.15) is 5.69 Å². The third-order valence-corrected chi connectivity index (χ3v) is 3.62. The number of hydrogen-bond donors (Lipinski definition) is 1. The highest BCUT2D eigenvalue weighted by Crippen LogP contribution is 2.38. The third-order valence-electron chi connectivity index (χ3n) is 3.62. The van der Waals surface area contributed by atoms with Crippen LogP contribution in [-0.2, 0) is 6.18 Å². The normalized spacial score (nSPS) is 11.2. The molecule has 0 saturated heterocycles. The predicted molar refractivity (Wildman–Crippen MR) is 91.2 cm³/mol. The number of rotatable bonds is 4. The number of nitrogens with one attached hydrogen (secondary N) is 1. The molecule has 0 aliphatic carbocycles. The van der Waals surface area contributed by atoms with Crippen LogP contribution in [0.4, 0.5) is 28.0 Å². The number of hydrogen-bond acceptors (Lipinski definition) is 4. The van der Waals surface area contributed by atoms with Crippen molar-refractivity contribution >= 4 is 11.8 Å². The minimum Gasteiger partial charge on any atom is -0.495 e. The van der Waals surface area contributed by atoms with Crippen LogP contribution in [0.5, 0.6) is 11.5 Å². The molecular formula is C18H13F4N3O3. The maximum Gasteiger partial charge on any atom is 0.437 e. The van der Waals surface area contributed by atoms with E-state index >= 15 is 0 Å². The second-order valence-corrected chi connectivity index (χ2v) is 5.46. The molecule has 0 aliphatic heterocycles. The number of carbonyl (C=O) groups is 1. The van der Waals surface area contributed by atoms with Gasteiger partial charge in [0.15, 0.2) is 11.4 Å². The fourth-order valence-corrected chi connectivity index (χ4v) is 2.43. The molecule has 1 heterocycles. The number of ether oxygens (including phenoxy) is 2. The molecule has 3 rings (SSSR count). The quantitative estimate of drug-likeness (QED) is 0.653. The first kappa shape index (κ1) is 19.2. The lowest BCUT2D eigenvalue weighted by atomic mass is 10.3. The third kappa shape index (κ3) is 4.05. The SMILES string of the molecule is COc1ccccc1NC(=O)Oc1cnn(-c2ccc(F)cc2)c1C(F)(F)F. The van der Waals surface area contributed by atoms with Gasteiger partial charge in [0.05, 0.1) is 24.7 Å². The van der Waals surface area contributed by atoms with Crippen molar-refractivity contribution in [1.29, 1.82) is 0 Å². The summed E-state index contributed by atoms with van der Waals surface area (Å²) in [5, 5.41) is 5.93. The molecular weight excluding hydrogens is 382 g/mol. The van der Waals surface area contributed by atoms with Gasteiger partial charge in [-0.25, -0.2) is 13.9 Å².